The van der Waals surface area contributed by atoms with Crippen molar-refractivity contribution in [3.8, 4) is 11.8 Å². The predicted molar refractivity (Wildman–Crippen MR) is 86.0 cm³/mol. The Morgan fingerprint density at radius 3 is 2.73 bits per heavy atom. The molecule has 0 aliphatic carbocycles. The third-order valence-electron chi connectivity index (χ3n) is 4.25. The molecule has 5 heteroatoms. The van der Waals surface area contributed by atoms with Crippen LogP contribution in [-0.2, 0) is 4.79 Å². The minimum absolute atomic E-state index is 0.0467. The summed E-state index contributed by atoms with van der Waals surface area (Å²) in [6.07, 6.45) is 2.28. The van der Waals surface area contributed by atoms with Crippen LogP contribution in [-0.4, -0.2) is 31.0 Å². The lowest BCUT2D eigenvalue weighted by Gasteiger charge is -2.30. The summed E-state index contributed by atoms with van der Waals surface area (Å²) in [7, 11) is 1.55. The van der Waals surface area contributed by atoms with E-state index in [0.717, 1.165) is 31.5 Å². The largest absolute Gasteiger partial charge is 0.495 e. The number of carbonyl (C=O) groups excluding carboxylic acids is 1. The van der Waals surface area contributed by atoms with Crippen molar-refractivity contribution < 1.29 is 9.53 Å². The van der Waals surface area contributed by atoms with Gasteiger partial charge < -0.3 is 9.64 Å². The molecule has 0 aromatic heterocycles. The predicted octanol–water partition coefficient (Wildman–Crippen LogP) is 3.60. The number of likely N-dealkylation sites (tertiary alicyclic amines) is 1. The molecule has 1 aromatic carbocycles. The van der Waals surface area contributed by atoms with Gasteiger partial charge in [0.2, 0.25) is 5.91 Å². The Kier molecular flexibility index (Phi) is 5.68. The first kappa shape index (κ1) is 16.6. The van der Waals surface area contributed by atoms with Crippen molar-refractivity contribution in [3.63, 3.8) is 0 Å². The maximum atomic E-state index is 12.4. The van der Waals surface area contributed by atoms with E-state index in [1.165, 1.54) is 0 Å². The van der Waals surface area contributed by atoms with Gasteiger partial charge in [-0.3, -0.25) is 4.79 Å². The normalized spacial score (nSPS) is 16.9. The highest BCUT2D eigenvalue weighted by molar-refractivity contribution is 6.32. The molecule has 1 heterocycles. The number of methoxy groups -OCH3 is 1. The molecule has 1 unspecified atom stereocenters. The number of nitriles is 1. The molecule has 4 nitrogen and oxygen atoms in total. The molecule has 1 amide bonds. The third-order valence-corrected chi connectivity index (χ3v) is 4.54. The van der Waals surface area contributed by atoms with Crippen LogP contribution in [0.3, 0.4) is 0 Å². The van der Waals surface area contributed by atoms with Crippen LogP contribution in [0.2, 0.25) is 5.02 Å². The van der Waals surface area contributed by atoms with Gasteiger partial charge in [0.25, 0.3) is 0 Å². The first-order valence-electron chi connectivity index (χ1n) is 7.56. The van der Waals surface area contributed by atoms with Crippen LogP contribution >= 0.6 is 11.6 Å². The number of amides is 1. The van der Waals surface area contributed by atoms with E-state index >= 15 is 0 Å². The van der Waals surface area contributed by atoms with Crippen LogP contribution in [0.5, 0.6) is 5.75 Å². The first-order chi connectivity index (χ1) is 10.5. The smallest absolute Gasteiger partial charge is 0.224 e. The number of ether oxygens (including phenoxy) is 1. The number of halogens is 1. The van der Waals surface area contributed by atoms with E-state index in [-0.39, 0.29) is 12.3 Å². The Morgan fingerprint density at radius 1 is 1.50 bits per heavy atom. The topological polar surface area (TPSA) is 53.3 Å². The molecule has 22 heavy (non-hydrogen) atoms. The number of nitrogens with zero attached hydrogens (tertiary/aromatic N) is 2. The van der Waals surface area contributed by atoms with E-state index in [0.29, 0.717) is 16.7 Å². The monoisotopic (exact) mass is 320 g/mol. The Balaban J connectivity index is 2.04. The molecular weight excluding hydrogens is 300 g/mol. The number of hydrogen-bond acceptors (Lipinski definition) is 3. The zero-order valence-corrected chi connectivity index (χ0v) is 13.8. The molecule has 1 aliphatic rings. The van der Waals surface area contributed by atoms with Crippen molar-refractivity contribution in [2.24, 2.45) is 5.92 Å². The van der Waals surface area contributed by atoms with Crippen LogP contribution in [0.25, 0.3) is 0 Å². The molecule has 0 spiro atoms. The summed E-state index contributed by atoms with van der Waals surface area (Å²) in [6.45, 7) is 3.79. The molecule has 1 aliphatic heterocycles. The summed E-state index contributed by atoms with van der Waals surface area (Å²) in [5.41, 5.74) is 0.757. The summed E-state index contributed by atoms with van der Waals surface area (Å²) in [6, 6.07) is 7.45. The summed E-state index contributed by atoms with van der Waals surface area (Å²) in [5.74, 6) is 0.815. The fourth-order valence-corrected chi connectivity index (χ4v) is 2.97. The minimum atomic E-state index is -0.477. The number of hydrogen-bond donors (Lipinski definition) is 0. The van der Waals surface area contributed by atoms with Crippen molar-refractivity contribution in [1.29, 1.82) is 5.26 Å². The Bertz CT molecular complexity index is 575. The lowest BCUT2D eigenvalue weighted by atomic mass is 9.94. The van der Waals surface area contributed by atoms with Gasteiger partial charge in [0.15, 0.2) is 0 Å². The van der Waals surface area contributed by atoms with Crippen LogP contribution < -0.4 is 4.74 Å². The second-order valence-electron chi connectivity index (χ2n) is 5.84. The number of carbonyl (C=O) groups is 1. The van der Waals surface area contributed by atoms with E-state index < -0.39 is 5.92 Å². The van der Waals surface area contributed by atoms with Crippen LogP contribution in [0.4, 0.5) is 0 Å². The van der Waals surface area contributed by atoms with Crippen molar-refractivity contribution in [1.82, 2.24) is 4.90 Å². The van der Waals surface area contributed by atoms with E-state index in [1.54, 1.807) is 25.3 Å². The van der Waals surface area contributed by atoms with Gasteiger partial charge in [-0.15, -0.1) is 0 Å². The summed E-state index contributed by atoms with van der Waals surface area (Å²) < 4.78 is 5.11. The molecule has 0 N–H and O–H groups in total. The minimum Gasteiger partial charge on any atom is -0.495 e. The highest BCUT2D eigenvalue weighted by Gasteiger charge is 2.24. The molecule has 0 saturated carbocycles. The molecule has 1 atom stereocenters. The molecule has 1 fully saturated rings. The lowest BCUT2D eigenvalue weighted by molar-refractivity contribution is -0.132. The van der Waals surface area contributed by atoms with Gasteiger partial charge in [0, 0.05) is 19.5 Å². The zero-order valence-electron chi connectivity index (χ0n) is 13.0. The number of piperidine rings is 1. The molecular formula is C17H21ClN2O2. The highest BCUT2D eigenvalue weighted by Crippen LogP contribution is 2.30. The average molecular weight is 321 g/mol. The number of benzene rings is 1. The quantitative estimate of drug-likeness (QED) is 0.851. The van der Waals surface area contributed by atoms with Crippen LogP contribution in [0.15, 0.2) is 18.2 Å². The molecule has 2 rings (SSSR count). The van der Waals surface area contributed by atoms with E-state index in [4.69, 9.17) is 16.3 Å². The number of rotatable bonds is 4. The van der Waals surface area contributed by atoms with Crippen molar-refractivity contribution >= 4 is 17.5 Å². The Hall–Kier alpha value is -1.73. The van der Waals surface area contributed by atoms with Gasteiger partial charge in [-0.25, -0.2) is 0 Å². The molecule has 118 valence electrons. The van der Waals surface area contributed by atoms with E-state index in [9.17, 15) is 10.1 Å². The van der Waals surface area contributed by atoms with Crippen LogP contribution in [0.1, 0.15) is 37.7 Å². The summed E-state index contributed by atoms with van der Waals surface area (Å²) >= 11 is 6.10. The van der Waals surface area contributed by atoms with E-state index in [2.05, 4.69) is 13.0 Å². The van der Waals surface area contributed by atoms with Crippen molar-refractivity contribution in [3.05, 3.63) is 28.8 Å². The fraction of sp³-hybridized carbons (Fsp3) is 0.529. The maximum Gasteiger partial charge on any atom is 0.224 e. The van der Waals surface area contributed by atoms with E-state index in [1.807, 2.05) is 4.90 Å². The third kappa shape index (κ3) is 3.92. The van der Waals surface area contributed by atoms with Crippen LogP contribution in [0, 0.1) is 17.2 Å². The first-order valence-corrected chi connectivity index (χ1v) is 7.93. The zero-order chi connectivity index (χ0) is 16.1. The van der Waals surface area contributed by atoms with Crippen molar-refractivity contribution in [2.45, 2.75) is 32.1 Å². The molecule has 0 bridgehead atoms. The second kappa shape index (κ2) is 7.51. The summed E-state index contributed by atoms with van der Waals surface area (Å²) in [5, 5.41) is 9.85. The SMILES string of the molecule is COc1ccc(C(C#N)CC(=O)N2CCC(C)CC2)cc1Cl. The summed E-state index contributed by atoms with van der Waals surface area (Å²) in [4.78, 5) is 14.2. The average Bonchev–Trinajstić information content (AvgIpc) is 2.53. The molecule has 1 aromatic rings. The molecule has 1 saturated heterocycles. The fourth-order valence-electron chi connectivity index (χ4n) is 2.70. The van der Waals surface area contributed by atoms with Gasteiger partial charge in [-0.05, 0) is 36.5 Å². The molecule has 0 radical (unpaired) electrons. The van der Waals surface area contributed by atoms with Crippen molar-refractivity contribution in [2.75, 3.05) is 20.2 Å². The van der Waals surface area contributed by atoms with Gasteiger partial charge in [-0.1, -0.05) is 24.6 Å². The Morgan fingerprint density at radius 2 is 2.18 bits per heavy atom. The standard InChI is InChI=1S/C17H21ClN2O2/c1-12-5-7-20(8-6-12)17(21)10-14(11-19)13-3-4-16(22-2)15(18)9-13/h3-4,9,12,14H,5-8,10H2,1-2H3. The van der Waals surface area contributed by atoms with Gasteiger partial charge >= 0.3 is 0 Å². The van der Waals surface area contributed by atoms with Gasteiger partial charge in [0.05, 0.1) is 24.1 Å². The Labute approximate surface area is 136 Å². The highest BCUT2D eigenvalue weighted by atomic mass is 35.5. The van der Waals surface area contributed by atoms with Gasteiger partial charge in [0.1, 0.15) is 5.75 Å². The maximum absolute atomic E-state index is 12.4. The lowest BCUT2D eigenvalue weighted by Crippen LogP contribution is -2.38. The van der Waals surface area contributed by atoms with Gasteiger partial charge in [-0.2, -0.15) is 5.26 Å². The second-order valence-corrected chi connectivity index (χ2v) is 6.25.